The largest absolute Gasteiger partial charge is 0.343 e. The van der Waals surface area contributed by atoms with E-state index in [-0.39, 0.29) is 11.7 Å². The summed E-state index contributed by atoms with van der Waals surface area (Å²) in [7, 11) is 0. The summed E-state index contributed by atoms with van der Waals surface area (Å²) >= 11 is 0. The molecule has 4 rings (SSSR count). The van der Waals surface area contributed by atoms with Crippen LogP contribution in [0.4, 0.5) is 0 Å². The lowest BCUT2D eigenvalue weighted by Gasteiger charge is -2.32. The maximum atomic E-state index is 12.7. The van der Waals surface area contributed by atoms with Crippen molar-refractivity contribution in [2.24, 2.45) is 0 Å². The number of benzene rings is 2. The van der Waals surface area contributed by atoms with Gasteiger partial charge in [-0.25, -0.2) is 0 Å². The zero-order valence-electron chi connectivity index (χ0n) is 17.0. The van der Waals surface area contributed by atoms with Gasteiger partial charge < -0.3 is 10.2 Å². The van der Waals surface area contributed by atoms with Crippen LogP contribution in [0.5, 0.6) is 0 Å². The van der Waals surface area contributed by atoms with Gasteiger partial charge in [-0.2, -0.15) is 0 Å². The normalized spacial score (nSPS) is 17.4. The van der Waals surface area contributed by atoms with Crippen molar-refractivity contribution in [3.05, 3.63) is 70.8 Å². The topological polar surface area (TPSA) is 49.4 Å². The number of Topliss-reactive ketones (excluding diaryl/α,β-unsaturated/α-hetero) is 1. The summed E-state index contributed by atoms with van der Waals surface area (Å²) in [5.41, 5.74) is 4.73. The molecule has 0 aliphatic carbocycles. The summed E-state index contributed by atoms with van der Waals surface area (Å²) < 4.78 is 0. The molecule has 152 valence electrons. The monoisotopic (exact) mass is 390 g/mol. The maximum Gasteiger partial charge on any atom is 0.223 e. The third kappa shape index (κ3) is 4.94. The Balaban J connectivity index is 1.28. The number of fused-ring (bicyclic) bond motifs is 1. The van der Waals surface area contributed by atoms with Crippen molar-refractivity contribution in [3.8, 4) is 0 Å². The average molecular weight is 391 g/mol. The van der Waals surface area contributed by atoms with Crippen molar-refractivity contribution in [1.29, 1.82) is 0 Å². The second-order valence-corrected chi connectivity index (χ2v) is 8.22. The number of ketones is 1. The lowest BCUT2D eigenvalue weighted by Crippen LogP contribution is -2.38. The molecular formula is C25H30N2O2. The lowest BCUT2D eigenvalue weighted by molar-refractivity contribution is -0.132. The number of carbonyl (C=O) groups excluding carboxylic acids is 2. The molecule has 29 heavy (non-hydrogen) atoms. The summed E-state index contributed by atoms with van der Waals surface area (Å²) in [6.07, 6.45) is 4.60. The average Bonchev–Trinajstić information content (AvgIpc) is 3.03. The van der Waals surface area contributed by atoms with Gasteiger partial charge in [0.15, 0.2) is 5.78 Å². The van der Waals surface area contributed by atoms with E-state index in [0.717, 1.165) is 57.4 Å². The molecule has 0 bridgehead atoms. The number of rotatable bonds is 5. The predicted molar refractivity (Wildman–Crippen MR) is 115 cm³/mol. The Morgan fingerprint density at radius 1 is 0.897 bits per heavy atom. The number of nitrogens with zero attached hydrogens (tertiary/aromatic N) is 1. The molecule has 4 heteroatoms. The van der Waals surface area contributed by atoms with Crippen molar-refractivity contribution in [2.75, 3.05) is 26.2 Å². The molecule has 2 aromatic carbocycles. The Morgan fingerprint density at radius 2 is 1.62 bits per heavy atom. The molecule has 0 unspecified atom stereocenters. The van der Waals surface area contributed by atoms with Gasteiger partial charge in [-0.15, -0.1) is 0 Å². The molecule has 2 aromatic rings. The lowest BCUT2D eigenvalue weighted by atomic mass is 9.89. The molecule has 0 aromatic heterocycles. The minimum atomic E-state index is 0.0810. The Kier molecular flexibility index (Phi) is 6.40. The first kappa shape index (κ1) is 19.8. The molecule has 1 fully saturated rings. The molecule has 0 atom stereocenters. The molecule has 0 radical (unpaired) electrons. The third-order valence-corrected chi connectivity index (χ3v) is 6.36. The van der Waals surface area contributed by atoms with Crippen LogP contribution in [0.25, 0.3) is 0 Å². The Hall–Kier alpha value is -2.46. The van der Waals surface area contributed by atoms with E-state index in [0.29, 0.717) is 18.8 Å². The van der Waals surface area contributed by atoms with E-state index in [1.54, 1.807) is 0 Å². The highest BCUT2D eigenvalue weighted by atomic mass is 16.2. The highest BCUT2D eigenvalue weighted by Gasteiger charge is 2.24. The van der Waals surface area contributed by atoms with Crippen molar-refractivity contribution in [3.63, 3.8) is 0 Å². The molecule has 0 saturated carbocycles. The molecular weight excluding hydrogens is 360 g/mol. The highest BCUT2D eigenvalue weighted by molar-refractivity contribution is 5.98. The van der Waals surface area contributed by atoms with Gasteiger partial charge in [0, 0.05) is 31.5 Å². The fourth-order valence-electron chi connectivity index (χ4n) is 4.56. The zero-order valence-corrected chi connectivity index (χ0v) is 17.0. The summed E-state index contributed by atoms with van der Waals surface area (Å²) in [4.78, 5) is 27.2. The Morgan fingerprint density at radius 3 is 2.38 bits per heavy atom. The smallest absolute Gasteiger partial charge is 0.223 e. The van der Waals surface area contributed by atoms with Crippen LogP contribution in [0.3, 0.4) is 0 Å². The van der Waals surface area contributed by atoms with E-state index in [4.69, 9.17) is 0 Å². The van der Waals surface area contributed by atoms with E-state index in [2.05, 4.69) is 35.6 Å². The summed E-state index contributed by atoms with van der Waals surface area (Å²) in [5.74, 6) is 0.734. The number of nitrogens with one attached hydrogen (secondary N) is 1. The minimum Gasteiger partial charge on any atom is -0.343 e. The van der Waals surface area contributed by atoms with E-state index in [1.807, 2.05) is 23.1 Å². The molecule has 2 aliphatic rings. The zero-order chi connectivity index (χ0) is 20.1. The summed E-state index contributed by atoms with van der Waals surface area (Å²) in [6, 6.07) is 16.6. The van der Waals surface area contributed by atoms with Gasteiger partial charge in [-0.05, 0) is 67.4 Å². The van der Waals surface area contributed by atoms with Crippen LogP contribution in [-0.4, -0.2) is 42.8 Å². The molecule has 2 heterocycles. The van der Waals surface area contributed by atoms with Crippen LogP contribution in [-0.2, 0) is 17.6 Å². The number of hydrogen-bond acceptors (Lipinski definition) is 3. The Labute approximate surface area is 173 Å². The van der Waals surface area contributed by atoms with Crippen LogP contribution in [0.1, 0.15) is 58.6 Å². The second kappa shape index (κ2) is 9.36. The van der Waals surface area contributed by atoms with E-state index < -0.39 is 0 Å². The quantitative estimate of drug-likeness (QED) is 0.791. The van der Waals surface area contributed by atoms with Gasteiger partial charge in [0.25, 0.3) is 0 Å². The van der Waals surface area contributed by atoms with Crippen LogP contribution >= 0.6 is 0 Å². The first-order valence-corrected chi connectivity index (χ1v) is 10.9. The van der Waals surface area contributed by atoms with E-state index in [1.165, 1.54) is 16.7 Å². The number of amides is 1. The van der Waals surface area contributed by atoms with Gasteiger partial charge in [0.2, 0.25) is 5.91 Å². The molecule has 2 aliphatic heterocycles. The number of carbonyl (C=O) groups is 2. The van der Waals surface area contributed by atoms with Crippen LogP contribution in [0.2, 0.25) is 0 Å². The van der Waals surface area contributed by atoms with Gasteiger partial charge in [-0.1, -0.05) is 42.5 Å². The van der Waals surface area contributed by atoms with Crippen molar-refractivity contribution in [1.82, 2.24) is 10.2 Å². The number of likely N-dealkylation sites (tertiary alicyclic amines) is 1. The van der Waals surface area contributed by atoms with E-state index in [9.17, 15) is 9.59 Å². The molecule has 1 N–H and O–H groups in total. The molecule has 0 spiro atoms. The molecule has 1 amide bonds. The van der Waals surface area contributed by atoms with E-state index >= 15 is 0 Å². The SMILES string of the molecule is O=C(CCC(=O)N1CCC(c2ccccc2)CC1)c1ccc2c(c1)CCNCC2. The third-order valence-electron chi connectivity index (χ3n) is 6.36. The standard InChI is InChI=1S/C25H30N2O2/c28-24(23-7-6-20-10-14-26-15-11-22(20)18-23)8-9-25(29)27-16-12-21(13-17-27)19-4-2-1-3-5-19/h1-7,18,21,26H,8-17H2. The molecule has 4 nitrogen and oxygen atoms in total. The first-order chi connectivity index (χ1) is 14.2. The predicted octanol–water partition coefficient (Wildman–Crippen LogP) is 3.74. The van der Waals surface area contributed by atoms with Gasteiger partial charge in [-0.3, -0.25) is 9.59 Å². The first-order valence-electron chi connectivity index (χ1n) is 10.9. The van der Waals surface area contributed by atoms with Crippen LogP contribution < -0.4 is 5.32 Å². The minimum absolute atomic E-state index is 0.0810. The van der Waals surface area contributed by atoms with Crippen molar-refractivity contribution in [2.45, 2.75) is 44.4 Å². The van der Waals surface area contributed by atoms with Crippen LogP contribution in [0.15, 0.2) is 48.5 Å². The number of piperidine rings is 1. The summed E-state index contributed by atoms with van der Waals surface area (Å²) in [6.45, 7) is 3.54. The van der Waals surface area contributed by atoms with Crippen molar-refractivity contribution < 1.29 is 9.59 Å². The van der Waals surface area contributed by atoms with Gasteiger partial charge >= 0.3 is 0 Å². The number of hydrogen-bond donors (Lipinski definition) is 1. The van der Waals surface area contributed by atoms with Crippen LogP contribution in [0, 0.1) is 0 Å². The van der Waals surface area contributed by atoms with Crippen molar-refractivity contribution >= 4 is 11.7 Å². The highest BCUT2D eigenvalue weighted by Crippen LogP contribution is 2.28. The molecule has 1 saturated heterocycles. The Bertz CT molecular complexity index is 854. The van der Waals surface area contributed by atoms with Gasteiger partial charge in [0.1, 0.15) is 0 Å². The maximum absolute atomic E-state index is 12.7. The summed E-state index contributed by atoms with van der Waals surface area (Å²) in [5, 5.41) is 3.40. The van der Waals surface area contributed by atoms with Gasteiger partial charge in [0.05, 0.1) is 0 Å². The second-order valence-electron chi connectivity index (χ2n) is 8.22. The fourth-order valence-corrected chi connectivity index (χ4v) is 4.56. The fraction of sp³-hybridized carbons (Fsp3) is 0.440.